The summed E-state index contributed by atoms with van der Waals surface area (Å²) >= 11 is 0. The molecule has 1 aromatic carbocycles. The van der Waals surface area contributed by atoms with Crippen LogP contribution in [0.3, 0.4) is 0 Å². The summed E-state index contributed by atoms with van der Waals surface area (Å²) in [7, 11) is 0. The predicted molar refractivity (Wildman–Crippen MR) is 72.2 cm³/mol. The SMILES string of the molecule is c1ccc(COc2cnnc(C3CNCCO3)n2)cc1. The Bertz CT molecular complexity index is 544. The van der Waals surface area contributed by atoms with E-state index >= 15 is 0 Å². The van der Waals surface area contributed by atoms with Crippen molar-refractivity contribution in [3.8, 4) is 5.88 Å². The molecule has 1 aliphatic heterocycles. The van der Waals surface area contributed by atoms with E-state index in [1.54, 1.807) is 0 Å². The summed E-state index contributed by atoms with van der Waals surface area (Å²) in [5.74, 6) is 1.02. The molecule has 1 aliphatic rings. The van der Waals surface area contributed by atoms with E-state index in [0.717, 1.165) is 12.1 Å². The van der Waals surface area contributed by atoms with Crippen LogP contribution in [0.25, 0.3) is 0 Å². The Morgan fingerprint density at radius 2 is 2.20 bits per heavy atom. The summed E-state index contributed by atoms with van der Waals surface area (Å²) in [5, 5.41) is 11.2. The molecule has 2 aromatic rings. The van der Waals surface area contributed by atoms with E-state index in [1.165, 1.54) is 6.20 Å². The molecular formula is C14H16N4O2. The van der Waals surface area contributed by atoms with Crippen LogP contribution in [0.1, 0.15) is 17.5 Å². The molecule has 1 N–H and O–H groups in total. The summed E-state index contributed by atoms with van der Waals surface area (Å²) in [6, 6.07) is 9.93. The van der Waals surface area contributed by atoms with Crippen molar-refractivity contribution in [3.63, 3.8) is 0 Å². The first-order chi connectivity index (χ1) is 9.92. The number of aromatic nitrogens is 3. The molecule has 0 radical (unpaired) electrons. The molecule has 1 saturated heterocycles. The lowest BCUT2D eigenvalue weighted by Gasteiger charge is -2.21. The zero-order valence-electron chi connectivity index (χ0n) is 11.0. The molecular weight excluding hydrogens is 256 g/mol. The monoisotopic (exact) mass is 272 g/mol. The lowest BCUT2D eigenvalue weighted by Crippen LogP contribution is -2.34. The minimum Gasteiger partial charge on any atom is -0.472 e. The molecule has 0 amide bonds. The van der Waals surface area contributed by atoms with Crippen LogP contribution in [-0.2, 0) is 11.3 Å². The van der Waals surface area contributed by atoms with E-state index in [-0.39, 0.29) is 6.10 Å². The molecule has 0 aliphatic carbocycles. The quantitative estimate of drug-likeness (QED) is 0.899. The Kier molecular flexibility index (Phi) is 4.15. The minimum absolute atomic E-state index is 0.156. The molecule has 0 saturated carbocycles. The Labute approximate surface area is 117 Å². The largest absolute Gasteiger partial charge is 0.472 e. The van der Waals surface area contributed by atoms with Crippen molar-refractivity contribution in [3.05, 3.63) is 47.9 Å². The van der Waals surface area contributed by atoms with Crippen LogP contribution in [0, 0.1) is 0 Å². The van der Waals surface area contributed by atoms with Crippen LogP contribution in [0.4, 0.5) is 0 Å². The highest BCUT2D eigenvalue weighted by atomic mass is 16.5. The number of hydrogen-bond donors (Lipinski definition) is 1. The number of nitrogens with zero attached hydrogens (tertiary/aromatic N) is 3. The van der Waals surface area contributed by atoms with E-state index in [1.807, 2.05) is 30.3 Å². The van der Waals surface area contributed by atoms with E-state index in [4.69, 9.17) is 9.47 Å². The molecule has 1 fully saturated rings. The van der Waals surface area contributed by atoms with Gasteiger partial charge in [-0.2, -0.15) is 10.1 Å². The fraction of sp³-hybridized carbons (Fsp3) is 0.357. The van der Waals surface area contributed by atoms with Crippen LogP contribution in [0.5, 0.6) is 5.88 Å². The van der Waals surface area contributed by atoms with Gasteiger partial charge in [-0.1, -0.05) is 30.3 Å². The fourth-order valence-electron chi connectivity index (χ4n) is 1.97. The minimum atomic E-state index is -0.156. The number of benzene rings is 1. The standard InChI is InChI=1S/C14H16N4O2/c1-2-4-11(5-3-1)10-20-13-9-16-18-14(17-13)12-8-15-6-7-19-12/h1-5,9,12,15H,6-8,10H2. The van der Waals surface area contributed by atoms with Gasteiger partial charge in [0.2, 0.25) is 5.88 Å². The van der Waals surface area contributed by atoms with Gasteiger partial charge in [-0.05, 0) is 5.56 Å². The highest BCUT2D eigenvalue weighted by Gasteiger charge is 2.19. The number of morpholine rings is 1. The van der Waals surface area contributed by atoms with Crippen molar-refractivity contribution in [1.82, 2.24) is 20.5 Å². The molecule has 6 heteroatoms. The lowest BCUT2D eigenvalue weighted by molar-refractivity contribution is 0.0209. The van der Waals surface area contributed by atoms with Crippen molar-refractivity contribution in [2.75, 3.05) is 19.7 Å². The second-order valence-electron chi connectivity index (χ2n) is 4.49. The van der Waals surface area contributed by atoms with Gasteiger partial charge < -0.3 is 14.8 Å². The lowest BCUT2D eigenvalue weighted by atomic mass is 10.2. The third-order valence-corrected chi connectivity index (χ3v) is 3.00. The van der Waals surface area contributed by atoms with Gasteiger partial charge in [0, 0.05) is 13.1 Å². The van der Waals surface area contributed by atoms with Crippen LogP contribution in [-0.4, -0.2) is 34.9 Å². The zero-order chi connectivity index (χ0) is 13.6. The van der Waals surface area contributed by atoms with E-state index < -0.39 is 0 Å². The molecule has 2 heterocycles. The van der Waals surface area contributed by atoms with Crippen LogP contribution in [0.2, 0.25) is 0 Å². The average Bonchev–Trinajstić information content (AvgIpc) is 2.55. The van der Waals surface area contributed by atoms with Gasteiger partial charge in [0.05, 0.1) is 6.61 Å². The third-order valence-electron chi connectivity index (χ3n) is 3.00. The predicted octanol–water partition coefficient (Wildman–Crippen LogP) is 1.11. The summed E-state index contributed by atoms with van der Waals surface area (Å²) in [6.07, 6.45) is 1.36. The first kappa shape index (κ1) is 13.0. The van der Waals surface area contributed by atoms with Crippen LogP contribution >= 0.6 is 0 Å². The molecule has 1 atom stereocenters. The van der Waals surface area contributed by atoms with Crippen molar-refractivity contribution >= 4 is 0 Å². The molecule has 104 valence electrons. The second-order valence-corrected chi connectivity index (χ2v) is 4.49. The van der Waals surface area contributed by atoms with Crippen molar-refractivity contribution < 1.29 is 9.47 Å². The van der Waals surface area contributed by atoms with Gasteiger partial charge in [0.25, 0.3) is 0 Å². The highest BCUT2D eigenvalue weighted by molar-refractivity contribution is 5.15. The summed E-state index contributed by atoms with van der Waals surface area (Å²) < 4.78 is 11.2. The van der Waals surface area contributed by atoms with Gasteiger partial charge in [-0.15, -0.1) is 5.10 Å². The average molecular weight is 272 g/mol. The van der Waals surface area contributed by atoms with Crippen molar-refractivity contribution in [2.24, 2.45) is 0 Å². The van der Waals surface area contributed by atoms with Gasteiger partial charge >= 0.3 is 0 Å². The Balaban J connectivity index is 1.65. The Morgan fingerprint density at radius 3 is 3.00 bits per heavy atom. The third kappa shape index (κ3) is 3.28. The number of nitrogens with one attached hydrogen (secondary N) is 1. The van der Waals surface area contributed by atoms with Gasteiger partial charge in [0.15, 0.2) is 5.82 Å². The normalized spacial score (nSPS) is 18.7. The maximum Gasteiger partial charge on any atom is 0.236 e. The molecule has 0 spiro atoms. The topological polar surface area (TPSA) is 69.2 Å². The smallest absolute Gasteiger partial charge is 0.236 e. The fourth-order valence-corrected chi connectivity index (χ4v) is 1.97. The maximum atomic E-state index is 5.63. The number of hydrogen-bond acceptors (Lipinski definition) is 6. The zero-order valence-corrected chi connectivity index (χ0v) is 11.0. The maximum absolute atomic E-state index is 5.63. The first-order valence-corrected chi connectivity index (χ1v) is 6.60. The van der Waals surface area contributed by atoms with Crippen molar-refractivity contribution in [2.45, 2.75) is 12.7 Å². The molecule has 1 unspecified atom stereocenters. The highest BCUT2D eigenvalue weighted by Crippen LogP contribution is 2.16. The van der Waals surface area contributed by atoms with E-state index in [2.05, 4.69) is 20.5 Å². The number of ether oxygens (including phenoxy) is 2. The molecule has 0 bridgehead atoms. The summed E-state index contributed by atoms with van der Waals surface area (Å²) in [5.41, 5.74) is 1.09. The first-order valence-electron chi connectivity index (χ1n) is 6.60. The molecule has 3 rings (SSSR count). The van der Waals surface area contributed by atoms with Crippen LogP contribution < -0.4 is 10.1 Å². The van der Waals surface area contributed by atoms with E-state index in [9.17, 15) is 0 Å². The Morgan fingerprint density at radius 1 is 1.30 bits per heavy atom. The van der Waals surface area contributed by atoms with Gasteiger partial charge in [0.1, 0.15) is 18.9 Å². The van der Waals surface area contributed by atoms with Crippen LogP contribution in [0.15, 0.2) is 36.5 Å². The van der Waals surface area contributed by atoms with Gasteiger partial charge in [-0.3, -0.25) is 0 Å². The molecule has 6 nitrogen and oxygen atoms in total. The van der Waals surface area contributed by atoms with Gasteiger partial charge in [-0.25, -0.2) is 0 Å². The van der Waals surface area contributed by atoms with E-state index in [0.29, 0.717) is 31.5 Å². The van der Waals surface area contributed by atoms with Crippen molar-refractivity contribution in [1.29, 1.82) is 0 Å². The summed E-state index contributed by atoms with van der Waals surface area (Å²) in [6.45, 7) is 2.67. The number of rotatable bonds is 4. The summed E-state index contributed by atoms with van der Waals surface area (Å²) in [4.78, 5) is 4.35. The molecule has 1 aromatic heterocycles. The second kappa shape index (κ2) is 6.40. The molecule has 20 heavy (non-hydrogen) atoms. The Hall–Kier alpha value is -2.05.